The Morgan fingerprint density at radius 2 is 2.43 bits per heavy atom. The number of nitrogens with zero attached hydrogens (tertiary/aromatic N) is 3. The van der Waals surface area contributed by atoms with E-state index in [9.17, 15) is 0 Å². The van der Waals surface area contributed by atoms with Crippen LogP contribution in [0.15, 0.2) is 6.07 Å². The molecule has 2 N–H and O–H groups in total. The Bertz CT molecular complexity index is 381. The summed E-state index contributed by atoms with van der Waals surface area (Å²) in [5.74, 6) is 0.565. The molecule has 0 amide bonds. The van der Waals surface area contributed by atoms with Crippen molar-refractivity contribution in [2.45, 2.75) is 32.7 Å². The summed E-state index contributed by atoms with van der Waals surface area (Å²) in [5, 5.41) is 12.9. The summed E-state index contributed by atoms with van der Waals surface area (Å²) in [5.41, 5.74) is 6.86. The quantitative estimate of drug-likeness (QED) is 0.784. The zero-order valence-electron chi connectivity index (χ0n) is 8.32. The molecule has 1 saturated carbocycles. The van der Waals surface area contributed by atoms with E-state index in [0.717, 1.165) is 25.1 Å². The van der Waals surface area contributed by atoms with Crippen LogP contribution in [0.2, 0.25) is 0 Å². The first kappa shape index (κ1) is 9.07. The van der Waals surface area contributed by atoms with E-state index in [1.807, 2.05) is 17.7 Å². The van der Waals surface area contributed by atoms with Crippen molar-refractivity contribution >= 4 is 5.82 Å². The van der Waals surface area contributed by atoms with Gasteiger partial charge in [0.1, 0.15) is 5.82 Å². The fourth-order valence-electron chi connectivity index (χ4n) is 1.75. The molecule has 74 valence electrons. The Morgan fingerprint density at radius 3 is 2.86 bits per heavy atom. The summed E-state index contributed by atoms with van der Waals surface area (Å²) in [4.78, 5) is 0. The summed E-state index contributed by atoms with van der Waals surface area (Å²) in [6.45, 7) is 2.83. The third-order valence-corrected chi connectivity index (χ3v) is 2.90. The van der Waals surface area contributed by atoms with Gasteiger partial charge in [0, 0.05) is 30.1 Å². The predicted molar refractivity (Wildman–Crippen MR) is 53.3 cm³/mol. The van der Waals surface area contributed by atoms with E-state index < -0.39 is 0 Å². The Labute approximate surface area is 83.3 Å². The van der Waals surface area contributed by atoms with Crippen LogP contribution < -0.4 is 5.73 Å². The van der Waals surface area contributed by atoms with E-state index in [-0.39, 0.29) is 5.41 Å². The number of hydrogen-bond acceptors (Lipinski definition) is 3. The van der Waals surface area contributed by atoms with Crippen LogP contribution in [0, 0.1) is 23.7 Å². The summed E-state index contributed by atoms with van der Waals surface area (Å²) >= 11 is 0. The van der Waals surface area contributed by atoms with E-state index in [1.165, 1.54) is 0 Å². The topological polar surface area (TPSA) is 67.6 Å². The molecule has 2 rings (SSSR count). The van der Waals surface area contributed by atoms with Crippen molar-refractivity contribution in [3.05, 3.63) is 11.8 Å². The maximum atomic E-state index is 8.69. The fourth-order valence-corrected chi connectivity index (χ4v) is 1.75. The van der Waals surface area contributed by atoms with Gasteiger partial charge in [0.25, 0.3) is 0 Å². The summed E-state index contributed by atoms with van der Waals surface area (Å²) in [7, 11) is 0. The van der Waals surface area contributed by atoms with E-state index in [1.54, 1.807) is 0 Å². The normalized spacial score (nSPS) is 17.7. The Kier molecular flexibility index (Phi) is 1.95. The van der Waals surface area contributed by atoms with Crippen LogP contribution in [0.4, 0.5) is 5.82 Å². The maximum absolute atomic E-state index is 8.69. The molecular weight excluding hydrogens is 176 g/mol. The molecule has 0 aromatic carbocycles. The molecule has 0 radical (unpaired) electrons. The van der Waals surface area contributed by atoms with Crippen LogP contribution in [-0.4, -0.2) is 9.78 Å². The zero-order chi connectivity index (χ0) is 10.2. The van der Waals surface area contributed by atoms with Gasteiger partial charge in [-0.25, -0.2) is 0 Å². The fraction of sp³-hybridized carbons (Fsp3) is 0.600. The summed E-state index contributed by atoms with van der Waals surface area (Å²) in [6, 6.07) is 4.11. The first-order valence-electron chi connectivity index (χ1n) is 4.82. The molecule has 4 nitrogen and oxygen atoms in total. The lowest BCUT2D eigenvalue weighted by Crippen LogP contribution is -2.13. The Balaban J connectivity index is 2.11. The third kappa shape index (κ3) is 1.58. The minimum absolute atomic E-state index is 0.192. The standard InChI is InChI=1S/C10H14N4/c1-8-6-9(12)13-14(8)7-10(2-3-10)4-5-11/h6H,2-4,7H2,1H3,(H2,12,13). The number of aromatic nitrogens is 2. The molecule has 0 unspecified atom stereocenters. The van der Waals surface area contributed by atoms with E-state index >= 15 is 0 Å². The predicted octanol–water partition coefficient (Wildman–Crippen LogP) is 1.47. The van der Waals surface area contributed by atoms with Gasteiger partial charge in [-0.05, 0) is 19.8 Å². The monoisotopic (exact) mass is 190 g/mol. The lowest BCUT2D eigenvalue weighted by atomic mass is 10.0. The van der Waals surface area contributed by atoms with Gasteiger partial charge in [-0.1, -0.05) is 0 Å². The lowest BCUT2D eigenvalue weighted by Gasteiger charge is -2.11. The molecule has 1 aromatic heterocycles. The van der Waals surface area contributed by atoms with Gasteiger partial charge < -0.3 is 5.73 Å². The van der Waals surface area contributed by atoms with Crippen molar-refractivity contribution in [2.24, 2.45) is 5.41 Å². The SMILES string of the molecule is Cc1cc(N)nn1CC1(CC#N)CC1. The number of nitriles is 1. The minimum atomic E-state index is 0.192. The number of anilines is 1. The molecule has 1 aromatic rings. The van der Waals surface area contributed by atoms with Crippen molar-refractivity contribution in [1.29, 1.82) is 5.26 Å². The Hall–Kier alpha value is -1.50. The van der Waals surface area contributed by atoms with Gasteiger partial charge in [-0.2, -0.15) is 10.4 Å². The number of aryl methyl sites for hydroxylation is 1. The highest BCUT2D eigenvalue weighted by Crippen LogP contribution is 2.50. The van der Waals surface area contributed by atoms with Crippen molar-refractivity contribution in [2.75, 3.05) is 5.73 Å². The molecule has 0 spiro atoms. The smallest absolute Gasteiger partial charge is 0.145 e. The largest absolute Gasteiger partial charge is 0.382 e. The second kappa shape index (κ2) is 3.02. The van der Waals surface area contributed by atoms with Gasteiger partial charge in [0.05, 0.1) is 6.07 Å². The highest BCUT2D eigenvalue weighted by molar-refractivity contribution is 5.28. The molecule has 1 heterocycles. The van der Waals surface area contributed by atoms with Gasteiger partial charge in [-0.15, -0.1) is 0 Å². The molecule has 14 heavy (non-hydrogen) atoms. The number of hydrogen-bond donors (Lipinski definition) is 1. The Morgan fingerprint density at radius 1 is 1.71 bits per heavy atom. The maximum Gasteiger partial charge on any atom is 0.145 e. The molecule has 4 heteroatoms. The first-order valence-corrected chi connectivity index (χ1v) is 4.82. The van der Waals surface area contributed by atoms with Gasteiger partial charge in [0.2, 0.25) is 0 Å². The lowest BCUT2D eigenvalue weighted by molar-refractivity contribution is 0.400. The van der Waals surface area contributed by atoms with Gasteiger partial charge >= 0.3 is 0 Å². The zero-order valence-corrected chi connectivity index (χ0v) is 8.32. The minimum Gasteiger partial charge on any atom is -0.382 e. The van der Waals surface area contributed by atoms with E-state index in [2.05, 4.69) is 11.2 Å². The van der Waals surface area contributed by atoms with Crippen LogP contribution in [0.3, 0.4) is 0 Å². The molecule has 1 aliphatic rings. The van der Waals surface area contributed by atoms with Gasteiger partial charge in [-0.3, -0.25) is 4.68 Å². The summed E-state index contributed by atoms with van der Waals surface area (Å²) < 4.78 is 1.92. The molecule has 1 fully saturated rings. The molecule has 1 aliphatic carbocycles. The molecule has 0 atom stereocenters. The number of nitrogens with two attached hydrogens (primary N) is 1. The van der Waals surface area contributed by atoms with Crippen LogP contribution in [0.25, 0.3) is 0 Å². The number of rotatable bonds is 3. The first-order chi connectivity index (χ1) is 6.65. The highest BCUT2D eigenvalue weighted by atomic mass is 15.3. The second-order valence-electron chi connectivity index (χ2n) is 4.20. The van der Waals surface area contributed by atoms with E-state index in [0.29, 0.717) is 12.2 Å². The van der Waals surface area contributed by atoms with Crippen molar-refractivity contribution in [1.82, 2.24) is 9.78 Å². The molecule has 0 aliphatic heterocycles. The van der Waals surface area contributed by atoms with Crippen LogP contribution in [0.1, 0.15) is 25.0 Å². The summed E-state index contributed by atoms with van der Waals surface area (Å²) in [6.07, 6.45) is 2.91. The average Bonchev–Trinajstić information content (AvgIpc) is 2.77. The molecule has 0 saturated heterocycles. The van der Waals surface area contributed by atoms with Crippen molar-refractivity contribution < 1.29 is 0 Å². The third-order valence-electron chi connectivity index (χ3n) is 2.90. The van der Waals surface area contributed by atoms with Crippen molar-refractivity contribution in [3.63, 3.8) is 0 Å². The molecule has 0 bridgehead atoms. The van der Waals surface area contributed by atoms with Crippen LogP contribution in [-0.2, 0) is 6.54 Å². The van der Waals surface area contributed by atoms with Gasteiger partial charge in [0.15, 0.2) is 0 Å². The van der Waals surface area contributed by atoms with Crippen LogP contribution >= 0.6 is 0 Å². The van der Waals surface area contributed by atoms with Crippen molar-refractivity contribution in [3.8, 4) is 6.07 Å². The molecular formula is C10H14N4. The van der Waals surface area contributed by atoms with Crippen LogP contribution in [0.5, 0.6) is 0 Å². The highest BCUT2D eigenvalue weighted by Gasteiger charge is 2.43. The number of nitrogen functional groups attached to an aromatic ring is 1. The van der Waals surface area contributed by atoms with E-state index in [4.69, 9.17) is 11.0 Å². The second-order valence-corrected chi connectivity index (χ2v) is 4.20. The average molecular weight is 190 g/mol.